The molecular formula is C8H17Cl2N. The molecule has 1 rings (SSSR count). The fraction of sp³-hybridized carbons (Fsp3) is 1.00. The highest BCUT2D eigenvalue weighted by molar-refractivity contribution is 6.18. The van der Waals surface area contributed by atoms with Crippen LogP contribution in [-0.2, 0) is 0 Å². The molecule has 0 radical (unpaired) electrons. The lowest BCUT2D eigenvalue weighted by Gasteiger charge is -2.22. The van der Waals surface area contributed by atoms with E-state index in [1.165, 1.54) is 25.7 Å². The van der Waals surface area contributed by atoms with Gasteiger partial charge < -0.3 is 4.90 Å². The predicted molar refractivity (Wildman–Crippen MR) is 52.9 cm³/mol. The summed E-state index contributed by atoms with van der Waals surface area (Å²) in [7, 11) is 2.18. The van der Waals surface area contributed by atoms with Gasteiger partial charge in [-0.3, -0.25) is 0 Å². The van der Waals surface area contributed by atoms with E-state index in [9.17, 15) is 0 Å². The molecule has 0 bridgehead atoms. The second-order valence-electron chi connectivity index (χ2n) is 3.11. The Kier molecular flexibility index (Phi) is 6.40. The highest BCUT2D eigenvalue weighted by Gasteiger charge is 2.18. The number of hydrogen-bond donors (Lipinski definition) is 0. The van der Waals surface area contributed by atoms with Crippen LogP contribution in [0.2, 0.25) is 0 Å². The summed E-state index contributed by atoms with van der Waals surface area (Å²) < 4.78 is 0. The first-order valence-electron chi connectivity index (χ1n) is 4.11. The maximum absolute atomic E-state index is 5.63. The molecule has 11 heavy (non-hydrogen) atoms. The molecule has 0 saturated heterocycles. The van der Waals surface area contributed by atoms with Gasteiger partial charge in [-0.2, -0.15) is 0 Å². The number of rotatable bonds is 3. The van der Waals surface area contributed by atoms with Crippen LogP contribution in [0, 0.1) is 0 Å². The Hall–Kier alpha value is 0.540. The lowest BCUT2D eigenvalue weighted by molar-refractivity contribution is 0.260. The van der Waals surface area contributed by atoms with Gasteiger partial charge in [-0.1, -0.05) is 12.8 Å². The second-order valence-corrected chi connectivity index (χ2v) is 3.49. The van der Waals surface area contributed by atoms with Crippen molar-refractivity contribution in [2.24, 2.45) is 0 Å². The molecule has 1 fully saturated rings. The smallest absolute Gasteiger partial charge is 0.0351 e. The topological polar surface area (TPSA) is 3.24 Å². The summed E-state index contributed by atoms with van der Waals surface area (Å²) >= 11 is 5.63. The third-order valence-electron chi connectivity index (χ3n) is 2.39. The Labute approximate surface area is 80.5 Å². The fourth-order valence-electron chi connectivity index (χ4n) is 1.66. The zero-order chi connectivity index (χ0) is 7.40. The average molecular weight is 198 g/mol. The normalized spacial score (nSPS) is 18.8. The van der Waals surface area contributed by atoms with Gasteiger partial charge in [-0.25, -0.2) is 0 Å². The summed E-state index contributed by atoms with van der Waals surface area (Å²) in [6, 6.07) is 0.832. The van der Waals surface area contributed by atoms with E-state index in [1.54, 1.807) is 0 Å². The fourth-order valence-corrected chi connectivity index (χ4v) is 1.93. The maximum Gasteiger partial charge on any atom is 0.0351 e. The van der Waals surface area contributed by atoms with Crippen molar-refractivity contribution >= 4 is 24.0 Å². The van der Waals surface area contributed by atoms with Crippen molar-refractivity contribution in [1.29, 1.82) is 0 Å². The Morgan fingerprint density at radius 1 is 1.36 bits per heavy atom. The Bertz CT molecular complexity index is 92.1. The van der Waals surface area contributed by atoms with Crippen LogP contribution in [0.5, 0.6) is 0 Å². The molecule has 1 aliphatic carbocycles. The summed E-state index contributed by atoms with van der Waals surface area (Å²) in [5.74, 6) is 0.771. The Morgan fingerprint density at radius 3 is 2.36 bits per heavy atom. The molecule has 1 saturated carbocycles. The minimum atomic E-state index is 0. The minimum Gasteiger partial charge on any atom is -0.302 e. The summed E-state index contributed by atoms with van der Waals surface area (Å²) in [5, 5.41) is 0. The van der Waals surface area contributed by atoms with E-state index in [1.807, 2.05) is 0 Å². The van der Waals surface area contributed by atoms with E-state index in [0.717, 1.165) is 18.5 Å². The highest BCUT2D eigenvalue weighted by Crippen LogP contribution is 2.21. The highest BCUT2D eigenvalue weighted by atomic mass is 35.5. The van der Waals surface area contributed by atoms with E-state index in [4.69, 9.17) is 11.6 Å². The number of alkyl halides is 1. The maximum atomic E-state index is 5.63. The largest absolute Gasteiger partial charge is 0.302 e. The van der Waals surface area contributed by atoms with Crippen LogP contribution in [0.3, 0.4) is 0 Å². The number of nitrogens with zero attached hydrogens (tertiary/aromatic N) is 1. The molecule has 1 nitrogen and oxygen atoms in total. The van der Waals surface area contributed by atoms with Gasteiger partial charge in [0.25, 0.3) is 0 Å². The monoisotopic (exact) mass is 197 g/mol. The van der Waals surface area contributed by atoms with Gasteiger partial charge in [0, 0.05) is 18.5 Å². The third kappa shape index (κ3) is 3.64. The van der Waals surface area contributed by atoms with Gasteiger partial charge in [0.05, 0.1) is 0 Å². The van der Waals surface area contributed by atoms with Gasteiger partial charge in [-0.05, 0) is 19.9 Å². The van der Waals surface area contributed by atoms with Crippen LogP contribution in [0.4, 0.5) is 0 Å². The molecule has 68 valence electrons. The van der Waals surface area contributed by atoms with E-state index in [0.29, 0.717) is 0 Å². The van der Waals surface area contributed by atoms with Gasteiger partial charge >= 0.3 is 0 Å². The van der Waals surface area contributed by atoms with Crippen molar-refractivity contribution in [3.63, 3.8) is 0 Å². The van der Waals surface area contributed by atoms with Gasteiger partial charge in [0.1, 0.15) is 0 Å². The van der Waals surface area contributed by atoms with Crippen molar-refractivity contribution in [1.82, 2.24) is 4.90 Å². The second kappa shape index (κ2) is 6.10. The van der Waals surface area contributed by atoms with Gasteiger partial charge in [0.2, 0.25) is 0 Å². The summed E-state index contributed by atoms with van der Waals surface area (Å²) in [4.78, 5) is 2.39. The van der Waals surface area contributed by atoms with Crippen molar-refractivity contribution in [2.75, 3.05) is 19.5 Å². The lowest BCUT2D eigenvalue weighted by atomic mass is 10.2. The lowest BCUT2D eigenvalue weighted by Crippen LogP contribution is -2.30. The van der Waals surface area contributed by atoms with Crippen LogP contribution >= 0.6 is 24.0 Å². The molecule has 0 unspecified atom stereocenters. The molecule has 0 atom stereocenters. The molecule has 1 aliphatic rings. The molecule has 0 spiro atoms. The third-order valence-corrected chi connectivity index (χ3v) is 2.55. The molecule has 0 heterocycles. The Balaban J connectivity index is 0.000001000. The first-order chi connectivity index (χ1) is 4.84. The first kappa shape index (κ1) is 11.5. The van der Waals surface area contributed by atoms with E-state index in [2.05, 4.69) is 11.9 Å². The SMILES string of the molecule is CN(CCCl)C1CCCC1.Cl. The van der Waals surface area contributed by atoms with Crippen molar-refractivity contribution in [2.45, 2.75) is 31.7 Å². The van der Waals surface area contributed by atoms with Crippen molar-refractivity contribution < 1.29 is 0 Å². The first-order valence-corrected chi connectivity index (χ1v) is 4.64. The quantitative estimate of drug-likeness (QED) is 0.630. The van der Waals surface area contributed by atoms with Crippen LogP contribution in [0.1, 0.15) is 25.7 Å². The zero-order valence-electron chi connectivity index (χ0n) is 7.05. The molecule has 0 amide bonds. The Morgan fingerprint density at radius 2 is 1.91 bits per heavy atom. The van der Waals surface area contributed by atoms with E-state index >= 15 is 0 Å². The van der Waals surface area contributed by atoms with Crippen LogP contribution in [-0.4, -0.2) is 30.4 Å². The van der Waals surface area contributed by atoms with Crippen LogP contribution in [0.25, 0.3) is 0 Å². The molecule has 0 aliphatic heterocycles. The zero-order valence-corrected chi connectivity index (χ0v) is 8.63. The minimum absolute atomic E-state index is 0. The van der Waals surface area contributed by atoms with Crippen LogP contribution in [0.15, 0.2) is 0 Å². The number of hydrogen-bond acceptors (Lipinski definition) is 1. The van der Waals surface area contributed by atoms with E-state index in [-0.39, 0.29) is 12.4 Å². The van der Waals surface area contributed by atoms with Crippen LogP contribution < -0.4 is 0 Å². The predicted octanol–water partition coefficient (Wildman–Crippen LogP) is 2.52. The average Bonchev–Trinajstić information content (AvgIpc) is 2.38. The molecule has 0 aromatic heterocycles. The molecular weight excluding hydrogens is 181 g/mol. The molecule has 0 aromatic carbocycles. The molecule has 3 heteroatoms. The standard InChI is InChI=1S/C8H16ClN.ClH/c1-10(7-6-9)8-4-2-3-5-8;/h8H,2-7H2,1H3;1H. The molecule has 0 aromatic rings. The van der Waals surface area contributed by atoms with Crippen molar-refractivity contribution in [3.05, 3.63) is 0 Å². The van der Waals surface area contributed by atoms with E-state index < -0.39 is 0 Å². The number of halogens is 2. The van der Waals surface area contributed by atoms with Crippen molar-refractivity contribution in [3.8, 4) is 0 Å². The summed E-state index contributed by atoms with van der Waals surface area (Å²) in [6.07, 6.45) is 5.59. The molecule has 0 N–H and O–H groups in total. The van der Waals surface area contributed by atoms with Gasteiger partial charge in [-0.15, -0.1) is 24.0 Å². The van der Waals surface area contributed by atoms with Gasteiger partial charge in [0.15, 0.2) is 0 Å². The summed E-state index contributed by atoms with van der Waals surface area (Å²) in [6.45, 7) is 1.05. The summed E-state index contributed by atoms with van der Waals surface area (Å²) in [5.41, 5.74) is 0.